The lowest BCUT2D eigenvalue weighted by molar-refractivity contribution is -0.145. The number of phenols is 1. The summed E-state index contributed by atoms with van der Waals surface area (Å²) in [5, 5.41) is 20.8. The number of carboxylic acid groups (broad SMARTS) is 1. The highest BCUT2D eigenvalue weighted by Crippen LogP contribution is 2.14. The normalized spacial score (nSPS) is 18.1. The summed E-state index contributed by atoms with van der Waals surface area (Å²) in [6, 6.07) is 5.96. The minimum Gasteiger partial charge on any atom is -0.508 e. The number of amides is 2. The molecular formula is C17H22N2O5. The molecule has 1 aliphatic rings. The Morgan fingerprint density at radius 3 is 2.58 bits per heavy atom. The van der Waals surface area contributed by atoms with Gasteiger partial charge in [-0.3, -0.25) is 14.4 Å². The lowest BCUT2D eigenvalue weighted by atomic mass is 10.1. The van der Waals surface area contributed by atoms with Crippen LogP contribution < -0.4 is 5.32 Å². The standard InChI is InChI=1S/C17H22N2O5/c20-13-7-4-12(5-8-13)6-9-15(21)18-14-3-1-2-10-19(17(14)24)11-16(22)23/h4-5,7-8,14,20H,1-3,6,9-11H2,(H,18,21)(H,22,23). The van der Waals surface area contributed by atoms with Crippen LogP contribution in [-0.4, -0.2) is 52.0 Å². The molecular weight excluding hydrogens is 312 g/mol. The SMILES string of the molecule is O=C(O)CN1CCCCC(NC(=O)CCc2ccc(O)cc2)C1=O. The third-order valence-electron chi connectivity index (χ3n) is 4.02. The molecule has 1 fully saturated rings. The molecule has 0 saturated carbocycles. The molecule has 3 N–H and O–H groups in total. The van der Waals surface area contributed by atoms with Crippen molar-refractivity contribution < 1.29 is 24.6 Å². The molecule has 0 bridgehead atoms. The number of aryl methyl sites for hydroxylation is 1. The van der Waals surface area contributed by atoms with Crippen molar-refractivity contribution in [1.29, 1.82) is 0 Å². The van der Waals surface area contributed by atoms with Crippen molar-refractivity contribution in [2.45, 2.75) is 38.1 Å². The van der Waals surface area contributed by atoms with Crippen LogP contribution in [0, 0.1) is 0 Å². The van der Waals surface area contributed by atoms with E-state index < -0.39 is 12.0 Å². The lowest BCUT2D eigenvalue weighted by Crippen LogP contribution is -2.48. The summed E-state index contributed by atoms with van der Waals surface area (Å²) in [7, 11) is 0. The molecule has 1 aromatic rings. The summed E-state index contributed by atoms with van der Waals surface area (Å²) in [5.74, 6) is -1.44. The molecule has 24 heavy (non-hydrogen) atoms. The van der Waals surface area contributed by atoms with Crippen molar-refractivity contribution in [2.24, 2.45) is 0 Å². The van der Waals surface area contributed by atoms with Gasteiger partial charge < -0.3 is 20.4 Å². The van der Waals surface area contributed by atoms with Crippen molar-refractivity contribution in [3.63, 3.8) is 0 Å². The van der Waals surface area contributed by atoms with Crippen LogP contribution in [0.1, 0.15) is 31.2 Å². The van der Waals surface area contributed by atoms with Crippen LogP contribution in [0.5, 0.6) is 5.75 Å². The van der Waals surface area contributed by atoms with Crippen LogP contribution in [-0.2, 0) is 20.8 Å². The molecule has 2 rings (SSSR count). The van der Waals surface area contributed by atoms with Crippen LogP contribution >= 0.6 is 0 Å². The summed E-state index contributed by atoms with van der Waals surface area (Å²) in [6.45, 7) is 0.0731. The minimum absolute atomic E-state index is 0.172. The smallest absolute Gasteiger partial charge is 0.323 e. The van der Waals surface area contributed by atoms with Gasteiger partial charge >= 0.3 is 5.97 Å². The van der Waals surface area contributed by atoms with Gasteiger partial charge in [0.15, 0.2) is 0 Å². The number of carbonyl (C=O) groups excluding carboxylic acids is 2. The molecule has 0 spiro atoms. The Morgan fingerprint density at radius 1 is 1.21 bits per heavy atom. The van der Waals surface area contributed by atoms with Gasteiger partial charge in [0.05, 0.1) is 0 Å². The number of phenolic OH excluding ortho intramolecular Hbond substituents is 1. The molecule has 0 radical (unpaired) electrons. The zero-order valence-corrected chi connectivity index (χ0v) is 13.4. The van der Waals surface area contributed by atoms with Gasteiger partial charge in [-0.05, 0) is 43.4 Å². The molecule has 1 heterocycles. The number of nitrogens with zero attached hydrogens (tertiary/aromatic N) is 1. The number of hydrogen-bond donors (Lipinski definition) is 3. The lowest BCUT2D eigenvalue weighted by Gasteiger charge is -2.23. The fourth-order valence-electron chi connectivity index (χ4n) is 2.75. The summed E-state index contributed by atoms with van der Waals surface area (Å²) >= 11 is 0. The molecule has 130 valence electrons. The van der Waals surface area contributed by atoms with E-state index in [1.165, 1.54) is 4.90 Å². The summed E-state index contributed by atoms with van der Waals surface area (Å²) in [4.78, 5) is 36.6. The third kappa shape index (κ3) is 5.26. The Bertz CT molecular complexity index is 600. The topological polar surface area (TPSA) is 107 Å². The number of carboxylic acids is 1. The van der Waals surface area contributed by atoms with E-state index in [4.69, 9.17) is 5.11 Å². The maximum atomic E-state index is 12.3. The molecule has 0 aromatic heterocycles. The predicted octanol–water partition coefficient (Wildman–Crippen LogP) is 0.907. The molecule has 7 heteroatoms. The fourth-order valence-corrected chi connectivity index (χ4v) is 2.75. The van der Waals surface area contributed by atoms with E-state index in [-0.39, 0.29) is 30.5 Å². The number of nitrogens with one attached hydrogen (secondary N) is 1. The Kier molecular flexibility index (Phi) is 6.17. The number of benzene rings is 1. The van der Waals surface area contributed by atoms with Gasteiger partial charge in [0.25, 0.3) is 0 Å². The zero-order valence-electron chi connectivity index (χ0n) is 13.4. The van der Waals surface area contributed by atoms with Crippen LogP contribution in [0.3, 0.4) is 0 Å². The first-order chi connectivity index (χ1) is 11.5. The number of aromatic hydroxyl groups is 1. The number of likely N-dealkylation sites (tertiary alicyclic amines) is 1. The molecule has 1 unspecified atom stereocenters. The van der Waals surface area contributed by atoms with Crippen molar-refractivity contribution in [3.05, 3.63) is 29.8 Å². The van der Waals surface area contributed by atoms with Gasteiger partial charge in [0.1, 0.15) is 18.3 Å². The van der Waals surface area contributed by atoms with Crippen LogP contribution in [0.4, 0.5) is 0 Å². The fraction of sp³-hybridized carbons (Fsp3) is 0.471. The van der Waals surface area contributed by atoms with E-state index in [1.54, 1.807) is 24.3 Å². The van der Waals surface area contributed by atoms with Crippen molar-refractivity contribution in [2.75, 3.05) is 13.1 Å². The summed E-state index contributed by atoms with van der Waals surface area (Å²) in [6.07, 6.45) is 2.77. The third-order valence-corrected chi connectivity index (χ3v) is 4.02. The average molecular weight is 334 g/mol. The number of hydrogen-bond acceptors (Lipinski definition) is 4. The van der Waals surface area contributed by atoms with Crippen molar-refractivity contribution >= 4 is 17.8 Å². The Balaban J connectivity index is 1.87. The molecule has 1 saturated heterocycles. The largest absolute Gasteiger partial charge is 0.508 e. The molecule has 7 nitrogen and oxygen atoms in total. The van der Waals surface area contributed by atoms with E-state index in [2.05, 4.69) is 5.32 Å². The first kappa shape index (κ1) is 17.8. The predicted molar refractivity (Wildman–Crippen MR) is 86.4 cm³/mol. The van der Waals surface area contributed by atoms with E-state index in [1.807, 2.05) is 0 Å². The first-order valence-corrected chi connectivity index (χ1v) is 8.03. The molecule has 1 atom stereocenters. The van der Waals surface area contributed by atoms with Gasteiger partial charge in [0, 0.05) is 13.0 Å². The minimum atomic E-state index is -1.05. The van der Waals surface area contributed by atoms with Gasteiger partial charge in [-0.2, -0.15) is 0 Å². The van der Waals surface area contributed by atoms with Crippen LogP contribution in [0.25, 0.3) is 0 Å². The quantitative estimate of drug-likeness (QED) is 0.717. The van der Waals surface area contributed by atoms with E-state index in [0.717, 1.165) is 18.4 Å². The van der Waals surface area contributed by atoms with Gasteiger partial charge in [0.2, 0.25) is 11.8 Å². The first-order valence-electron chi connectivity index (χ1n) is 8.03. The highest BCUT2D eigenvalue weighted by Gasteiger charge is 2.29. The zero-order chi connectivity index (χ0) is 17.5. The van der Waals surface area contributed by atoms with Crippen LogP contribution in [0.2, 0.25) is 0 Å². The maximum Gasteiger partial charge on any atom is 0.323 e. The van der Waals surface area contributed by atoms with Crippen molar-refractivity contribution in [3.8, 4) is 5.75 Å². The second-order valence-electron chi connectivity index (χ2n) is 5.94. The number of rotatable bonds is 6. The second kappa shape index (κ2) is 8.33. The van der Waals surface area contributed by atoms with Gasteiger partial charge in [-0.1, -0.05) is 12.1 Å². The maximum absolute atomic E-state index is 12.3. The second-order valence-corrected chi connectivity index (χ2v) is 5.94. The number of aliphatic carboxylic acids is 1. The monoisotopic (exact) mass is 334 g/mol. The highest BCUT2D eigenvalue weighted by atomic mass is 16.4. The Morgan fingerprint density at radius 2 is 1.92 bits per heavy atom. The summed E-state index contributed by atoms with van der Waals surface area (Å²) in [5.41, 5.74) is 0.919. The van der Waals surface area contributed by atoms with Gasteiger partial charge in [-0.25, -0.2) is 0 Å². The Labute approximate surface area is 140 Å². The van der Waals surface area contributed by atoms with E-state index in [9.17, 15) is 19.5 Å². The summed E-state index contributed by atoms with van der Waals surface area (Å²) < 4.78 is 0. The highest BCUT2D eigenvalue weighted by molar-refractivity contribution is 5.89. The Hall–Kier alpha value is -2.57. The average Bonchev–Trinajstić information content (AvgIpc) is 2.70. The van der Waals surface area contributed by atoms with Crippen LogP contribution in [0.15, 0.2) is 24.3 Å². The number of carbonyl (C=O) groups is 3. The molecule has 2 amide bonds. The molecule has 1 aliphatic heterocycles. The van der Waals surface area contributed by atoms with Gasteiger partial charge in [-0.15, -0.1) is 0 Å². The van der Waals surface area contributed by atoms with E-state index >= 15 is 0 Å². The van der Waals surface area contributed by atoms with Crippen molar-refractivity contribution in [1.82, 2.24) is 10.2 Å². The molecule has 1 aromatic carbocycles. The molecule has 0 aliphatic carbocycles. The van der Waals surface area contributed by atoms with E-state index in [0.29, 0.717) is 19.4 Å².